The number of halogens is 3. The summed E-state index contributed by atoms with van der Waals surface area (Å²) in [6.45, 7) is 1.64. The highest BCUT2D eigenvalue weighted by atomic mass is 19.4. The number of rotatable bonds is 4. The van der Waals surface area contributed by atoms with Gasteiger partial charge in [0, 0.05) is 24.7 Å². The van der Waals surface area contributed by atoms with Crippen LogP contribution in [0.1, 0.15) is 18.4 Å². The molecule has 2 heterocycles. The van der Waals surface area contributed by atoms with E-state index in [4.69, 9.17) is 0 Å². The molecule has 0 bridgehead atoms. The molecule has 1 aromatic heterocycles. The Kier molecular flexibility index (Phi) is 5.22. The monoisotopic (exact) mass is 402 g/mol. The maximum atomic E-state index is 12.3. The second-order valence-electron chi connectivity index (χ2n) is 7.33. The Labute approximate surface area is 166 Å². The van der Waals surface area contributed by atoms with Crippen LogP contribution in [0.4, 0.5) is 18.9 Å². The van der Waals surface area contributed by atoms with E-state index < -0.39 is 6.36 Å². The number of anilines is 1. The van der Waals surface area contributed by atoms with Crippen molar-refractivity contribution in [1.29, 1.82) is 0 Å². The molecular formula is C22H21F3N2O2. The van der Waals surface area contributed by atoms with Gasteiger partial charge in [-0.1, -0.05) is 12.1 Å². The summed E-state index contributed by atoms with van der Waals surface area (Å²) in [5, 5.41) is 11.4. The van der Waals surface area contributed by atoms with Gasteiger partial charge in [0.2, 0.25) is 0 Å². The molecule has 2 aromatic carbocycles. The Bertz CT molecular complexity index is 982. The fourth-order valence-corrected chi connectivity index (χ4v) is 3.92. The number of aromatic hydroxyl groups is 1. The van der Waals surface area contributed by atoms with Gasteiger partial charge in [0.15, 0.2) is 0 Å². The van der Waals surface area contributed by atoms with Gasteiger partial charge in [-0.3, -0.25) is 4.98 Å². The Balaban J connectivity index is 1.37. The number of piperidine rings is 1. The van der Waals surface area contributed by atoms with Crippen molar-refractivity contribution in [2.45, 2.75) is 25.6 Å². The molecule has 3 aromatic rings. The number of hydrogen-bond acceptors (Lipinski definition) is 4. The van der Waals surface area contributed by atoms with Crippen molar-refractivity contribution in [2.24, 2.45) is 5.92 Å². The van der Waals surface area contributed by atoms with E-state index in [2.05, 4.69) is 14.6 Å². The fraction of sp³-hybridized carbons (Fsp3) is 0.318. The van der Waals surface area contributed by atoms with E-state index in [-0.39, 0.29) is 11.5 Å². The van der Waals surface area contributed by atoms with Crippen molar-refractivity contribution in [3.05, 3.63) is 60.3 Å². The molecule has 0 atom stereocenters. The van der Waals surface area contributed by atoms with Gasteiger partial charge in [-0.05, 0) is 67.1 Å². The molecular weight excluding hydrogens is 381 g/mol. The molecule has 0 spiro atoms. The molecule has 1 N–H and O–H groups in total. The average Bonchev–Trinajstić information content (AvgIpc) is 2.70. The van der Waals surface area contributed by atoms with Crippen molar-refractivity contribution < 1.29 is 23.0 Å². The van der Waals surface area contributed by atoms with Crippen LogP contribution in [0.15, 0.2) is 54.7 Å². The lowest BCUT2D eigenvalue weighted by molar-refractivity contribution is -0.274. The molecule has 4 rings (SSSR count). The molecule has 7 heteroatoms. The van der Waals surface area contributed by atoms with E-state index in [1.54, 1.807) is 18.3 Å². The first-order valence-electron chi connectivity index (χ1n) is 9.55. The molecule has 0 aliphatic carbocycles. The zero-order valence-electron chi connectivity index (χ0n) is 15.7. The lowest BCUT2D eigenvalue weighted by Gasteiger charge is -2.34. The molecule has 4 nitrogen and oxygen atoms in total. The number of alkyl halides is 3. The molecule has 29 heavy (non-hydrogen) atoms. The Morgan fingerprint density at radius 1 is 1.03 bits per heavy atom. The van der Waals surface area contributed by atoms with Crippen molar-refractivity contribution in [2.75, 3.05) is 18.0 Å². The van der Waals surface area contributed by atoms with Crippen molar-refractivity contribution in [1.82, 2.24) is 4.98 Å². The molecule has 0 unspecified atom stereocenters. The van der Waals surface area contributed by atoms with E-state index in [1.165, 1.54) is 12.1 Å². The number of hydrogen-bond donors (Lipinski definition) is 1. The predicted molar refractivity (Wildman–Crippen MR) is 105 cm³/mol. The normalized spacial score (nSPS) is 15.6. The summed E-state index contributed by atoms with van der Waals surface area (Å²) < 4.78 is 40.7. The number of ether oxygens (including phenoxy) is 1. The van der Waals surface area contributed by atoms with Crippen LogP contribution in [0.2, 0.25) is 0 Å². The molecule has 1 aliphatic rings. The van der Waals surface area contributed by atoms with Crippen molar-refractivity contribution in [3.63, 3.8) is 0 Å². The van der Waals surface area contributed by atoms with Gasteiger partial charge >= 0.3 is 6.36 Å². The molecule has 1 saturated heterocycles. The van der Waals surface area contributed by atoms with Crippen LogP contribution >= 0.6 is 0 Å². The third kappa shape index (κ3) is 4.55. The molecule has 152 valence electrons. The first-order valence-corrected chi connectivity index (χ1v) is 9.55. The summed E-state index contributed by atoms with van der Waals surface area (Å²) in [6.07, 6.45) is -0.252. The highest BCUT2D eigenvalue weighted by Crippen LogP contribution is 2.36. The predicted octanol–water partition coefficient (Wildman–Crippen LogP) is 5.30. The summed E-state index contributed by atoms with van der Waals surface area (Å²) in [6, 6.07) is 13.6. The van der Waals surface area contributed by atoms with E-state index >= 15 is 0 Å². The summed E-state index contributed by atoms with van der Waals surface area (Å²) in [5.74, 6) is 0.511. The van der Waals surface area contributed by atoms with Gasteiger partial charge < -0.3 is 14.7 Å². The average molecular weight is 402 g/mol. The van der Waals surface area contributed by atoms with Crippen LogP contribution in [0, 0.1) is 5.92 Å². The van der Waals surface area contributed by atoms with Crippen LogP contribution in [0.25, 0.3) is 10.9 Å². The third-order valence-corrected chi connectivity index (χ3v) is 5.37. The smallest absolute Gasteiger partial charge is 0.505 e. The highest BCUT2D eigenvalue weighted by Gasteiger charge is 2.31. The first-order chi connectivity index (χ1) is 13.9. The molecule has 1 fully saturated rings. The fourth-order valence-electron chi connectivity index (χ4n) is 3.92. The van der Waals surface area contributed by atoms with Crippen LogP contribution in [-0.4, -0.2) is 29.5 Å². The zero-order valence-corrected chi connectivity index (χ0v) is 15.7. The van der Waals surface area contributed by atoms with Gasteiger partial charge in [0.25, 0.3) is 0 Å². The summed E-state index contributed by atoms with van der Waals surface area (Å²) in [5.41, 5.74) is 2.58. The van der Waals surface area contributed by atoms with Crippen LogP contribution < -0.4 is 9.64 Å². The minimum absolute atomic E-state index is 0.197. The van der Waals surface area contributed by atoms with E-state index in [0.717, 1.165) is 54.5 Å². The van der Waals surface area contributed by atoms with Gasteiger partial charge in [0.1, 0.15) is 11.5 Å². The number of phenols is 1. The quantitative estimate of drug-likeness (QED) is 0.643. The number of aromatic nitrogens is 1. The summed E-state index contributed by atoms with van der Waals surface area (Å²) >= 11 is 0. The topological polar surface area (TPSA) is 45.6 Å². The van der Waals surface area contributed by atoms with Crippen LogP contribution in [0.3, 0.4) is 0 Å². The number of phenolic OH excluding ortho intramolecular Hbond substituents is 1. The SMILES string of the molecule is Oc1c(N2CCC(Cc3ccc(OC(F)(F)F)cc3)CC2)ccc2ncccc12. The Morgan fingerprint density at radius 2 is 1.76 bits per heavy atom. The van der Waals surface area contributed by atoms with E-state index in [1.807, 2.05) is 24.3 Å². The zero-order chi connectivity index (χ0) is 20.4. The molecule has 0 amide bonds. The maximum absolute atomic E-state index is 12.3. The summed E-state index contributed by atoms with van der Waals surface area (Å²) in [4.78, 5) is 6.44. The lowest BCUT2D eigenvalue weighted by atomic mass is 9.90. The van der Waals surface area contributed by atoms with Crippen molar-refractivity contribution >= 4 is 16.6 Å². The van der Waals surface area contributed by atoms with Crippen LogP contribution in [0.5, 0.6) is 11.5 Å². The van der Waals surface area contributed by atoms with E-state index in [9.17, 15) is 18.3 Å². The molecule has 1 aliphatic heterocycles. The van der Waals surface area contributed by atoms with Gasteiger partial charge in [-0.2, -0.15) is 0 Å². The maximum Gasteiger partial charge on any atom is 0.573 e. The number of benzene rings is 2. The van der Waals surface area contributed by atoms with Gasteiger partial charge in [0.05, 0.1) is 11.2 Å². The van der Waals surface area contributed by atoms with Crippen molar-refractivity contribution in [3.8, 4) is 11.5 Å². The number of fused-ring (bicyclic) bond motifs is 1. The van der Waals surface area contributed by atoms with Gasteiger partial charge in [-0.25, -0.2) is 0 Å². The largest absolute Gasteiger partial charge is 0.573 e. The minimum Gasteiger partial charge on any atom is -0.505 e. The van der Waals surface area contributed by atoms with Crippen LogP contribution in [-0.2, 0) is 6.42 Å². The lowest BCUT2D eigenvalue weighted by Crippen LogP contribution is -2.34. The second kappa shape index (κ2) is 7.81. The Morgan fingerprint density at radius 3 is 2.45 bits per heavy atom. The third-order valence-electron chi connectivity index (χ3n) is 5.37. The standard InChI is InChI=1S/C22H21F3N2O2/c23-22(24,25)29-17-5-3-15(4-6-17)14-16-9-12-27(13-10-16)20-8-7-19-18(21(20)28)2-1-11-26-19/h1-8,11,16,28H,9-10,12-14H2. The minimum atomic E-state index is -4.67. The Hall–Kier alpha value is -2.96. The first kappa shape index (κ1) is 19.4. The highest BCUT2D eigenvalue weighted by molar-refractivity contribution is 5.90. The number of pyridine rings is 1. The molecule has 0 radical (unpaired) electrons. The van der Waals surface area contributed by atoms with E-state index in [0.29, 0.717) is 5.92 Å². The second-order valence-corrected chi connectivity index (χ2v) is 7.33. The summed E-state index contributed by atoms with van der Waals surface area (Å²) in [7, 11) is 0. The number of nitrogens with zero attached hydrogens (tertiary/aromatic N) is 2. The van der Waals surface area contributed by atoms with Gasteiger partial charge in [-0.15, -0.1) is 13.2 Å². The molecule has 0 saturated carbocycles.